The molecule has 20 heteroatoms. The number of H-pyrrole nitrogens is 1. The fraction of sp³-hybridized carbons (Fsp3) is 0.241. The number of carboxylic acids is 1. The smallest absolute Gasteiger partial charge is 0.475 e. The van der Waals surface area contributed by atoms with Gasteiger partial charge >= 0.3 is 18.2 Å². The van der Waals surface area contributed by atoms with Crippen LogP contribution in [0.2, 0.25) is 5.02 Å². The van der Waals surface area contributed by atoms with Gasteiger partial charge in [0.25, 0.3) is 0 Å². The van der Waals surface area contributed by atoms with Crippen molar-refractivity contribution < 1.29 is 46.6 Å². The minimum atomic E-state index is -5.08. The Labute approximate surface area is 278 Å². The molecule has 1 atom stereocenters. The van der Waals surface area contributed by atoms with Gasteiger partial charge in [-0.3, -0.25) is 14.9 Å². The van der Waals surface area contributed by atoms with Crippen LogP contribution in [0, 0.1) is 5.95 Å². The Morgan fingerprint density at radius 3 is 2.59 bits per heavy atom. The van der Waals surface area contributed by atoms with Crippen LogP contribution in [0.4, 0.5) is 33.7 Å². The quantitative estimate of drug-likeness (QED) is 0.138. The summed E-state index contributed by atoms with van der Waals surface area (Å²) >= 11 is 6.16. The summed E-state index contributed by atoms with van der Waals surface area (Å²) in [4.78, 5) is 53.3. The Bertz CT molecular complexity index is 1860. The lowest BCUT2D eigenvalue weighted by atomic mass is 10.1. The highest BCUT2D eigenvalue weighted by Gasteiger charge is 2.38. The molecule has 0 unspecified atom stereocenters. The number of anilines is 2. The number of alkyl halides is 3. The maximum absolute atomic E-state index is 15.2. The first-order valence-electron chi connectivity index (χ1n) is 14.1. The van der Waals surface area contributed by atoms with E-state index >= 15 is 4.39 Å². The first-order valence-corrected chi connectivity index (χ1v) is 14.5. The Balaban J connectivity index is 0.000000698. The summed E-state index contributed by atoms with van der Waals surface area (Å²) in [5.41, 5.74) is 2.04. The number of aliphatic carboxylic acids is 1. The molecule has 5 rings (SSSR count). The minimum Gasteiger partial charge on any atom is -0.475 e. The summed E-state index contributed by atoms with van der Waals surface area (Å²) in [5, 5.41) is 26.9. The number of amides is 3. The van der Waals surface area contributed by atoms with Gasteiger partial charge in [0, 0.05) is 34.3 Å². The average molecular weight is 708 g/mol. The molecule has 3 heterocycles. The van der Waals surface area contributed by atoms with Crippen molar-refractivity contribution in [3.63, 3.8) is 0 Å². The molecule has 5 N–H and O–H groups in total. The van der Waals surface area contributed by atoms with Crippen molar-refractivity contribution in [2.75, 3.05) is 17.7 Å². The summed E-state index contributed by atoms with van der Waals surface area (Å²) in [5.74, 6) is -4.02. The Morgan fingerprint density at radius 1 is 1.16 bits per heavy atom. The second-order valence-corrected chi connectivity index (χ2v) is 10.5. The number of methoxy groups -OCH3 is 1. The zero-order valence-electron chi connectivity index (χ0n) is 25.2. The van der Waals surface area contributed by atoms with E-state index in [2.05, 4.69) is 46.2 Å². The van der Waals surface area contributed by atoms with E-state index in [0.717, 1.165) is 0 Å². The Kier molecular flexibility index (Phi) is 11.6. The number of hydrogen-bond acceptors (Lipinski definition) is 9. The van der Waals surface area contributed by atoms with Crippen molar-refractivity contribution in [1.82, 2.24) is 35.5 Å². The number of halogens is 5. The van der Waals surface area contributed by atoms with Gasteiger partial charge in [-0.1, -0.05) is 18.0 Å². The highest BCUT2D eigenvalue weighted by atomic mass is 35.5. The number of imidazole rings is 1. The van der Waals surface area contributed by atoms with Gasteiger partial charge in [-0.2, -0.15) is 22.2 Å². The van der Waals surface area contributed by atoms with Gasteiger partial charge in [0.05, 0.1) is 24.5 Å². The number of aromatic amines is 1. The van der Waals surface area contributed by atoms with E-state index in [1.807, 2.05) is 0 Å². The number of tetrazole rings is 1. The van der Waals surface area contributed by atoms with Gasteiger partial charge in [0.2, 0.25) is 17.8 Å². The fourth-order valence-electron chi connectivity index (χ4n) is 4.46. The van der Waals surface area contributed by atoms with Crippen LogP contribution in [0.15, 0.2) is 48.8 Å². The molecule has 2 aromatic heterocycles. The van der Waals surface area contributed by atoms with E-state index in [4.69, 9.17) is 21.5 Å². The molecule has 2 aromatic carbocycles. The van der Waals surface area contributed by atoms with E-state index in [1.165, 1.54) is 42.4 Å². The molecule has 0 fully saturated rings. The predicted octanol–water partition coefficient (Wildman–Crippen LogP) is 5.04. The zero-order chi connectivity index (χ0) is 35.7. The van der Waals surface area contributed by atoms with E-state index in [1.54, 1.807) is 24.3 Å². The van der Waals surface area contributed by atoms with E-state index in [-0.39, 0.29) is 29.5 Å². The molecule has 258 valence electrons. The second kappa shape index (κ2) is 15.8. The summed E-state index contributed by atoms with van der Waals surface area (Å²) in [6, 6.07) is 8.95. The van der Waals surface area contributed by atoms with E-state index in [0.29, 0.717) is 46.8 Å². The van der Waals surface area contributed by atoms with Crippen molar-refractivity contribution in [1.29, 1.82) is 0 Å². The van der Waals surface area contributed by atoms with Crippen LogP contribution >= 0.6 is 11.6 Å². The Hall–Kier alpha value is -5.85. The third-order valence-electron chi connectivity index (χ3n) is 6.69. The number of hydrogen-bond donors (Lipinski definition) is 5. The van der Waals surface area contributed by atoms with E-state index < -0.39 is 36.1 Å². The molecule has 49 heavy (non-hydrogen) atoms. The number of nitrogens with zero attached hydrogens (tertiary/aromatic N) is 5. The highest BCUT2D eigenvalue weighted by molar-refractivity contribution is 6.30. The van der Waals surface area contributed by atoms with Gasteiger partial charge in [-0.15, -0.1) is 5.10 Å². The van der Waals surface area contributed by atoms with Crippen LogP contribution in [0.25, 0.3) is 23.0 Å². The molecule has 3 amide bonds. The van der Waals surface area contributed by atoms with Crippen LogP contribution in [0.5, 0.6) is 0 Å². The summed E-state index contributed by atoms with van der Waals surface area (Å²) < 4.78 is 53.0. The standard InChI is InChI=1S/C27H25ClFN9O4.C2HF3O2/c1-42-27(41)31-17-8-9-18-20(13-17)33-22(39)5-3-2-4-19(26-34-24(18)25(29)35-26)32-23(40)11-6-15-12-16(28)7-10-21(15)38-14-30-36-37-38;3-2(4,5)1(6)7/h6-14,19H,2-5H2,1H3,(H,31,41)(H,32,40)(H,33,39)(H,34,35);(H,6,7)/b11-6+;/t19-;/m0./s1. The van der Waals surface area contributed by atoms with Gasteiger partial charge in [-0.25, -0.2) is 14.6 Å². The molecule has 0 radical (unpaired) electrons. The fourth-order valence-corrected chi connectivity index (χ4v) is 4.64. The number of fused-ring (bicyclic) bond motifs is 4. The molecule has 0 saturated heterocycles. The lowest BCUT2D eigenvalue weighted by Gasteiger charge is -2.17. The Morgan fingerprint density at radius 2 is 1.92 bits per heavy atom. The number of rotatable bonds is 5. The van der Waals surface area contributed by atoms with Crippen LogP contribution in [-0.2, 0) is 19.1 Å². The second-order valence-electron chi connectivity index (χ2n) is 10.1. The minimum absolute atomic E-state index is 0.0507. The number of aromatic nitrogens is 6. The largest absolute Gasteiger partial charge is 0.490 e. The molecular weight excluding hydrogens is 682 g/mol. The first kappa shape index (κ1) is 36.0. The molecule has 4 aromatic rings. The highest BCUT2D eigenvalue weighted by Crippen LogP contribution is 2.34. The van der Waals surface area contributed by atoms with Crippen molar-refractivity contribution in [3.8, 4) is 16.9 Å². The molecule has 0 saturated carbocycles. The molecule has 0 spiro atoms. The maximum Gasteiger partial charge on any atom is 0.490 e. The van der Waals surface area contributed by atoms with Gasteiger partial charge in [0.15, 0.2) is 0 Å². The van der Waals surface area contributed by atoms with Crippen LogP contribution in [0.1, 0.15) is 43.1 Å². The number of nitrogens with one attached hydrogen (secondary N) is 4. The lowest BCUT2D eigenvalue weighted by molar-refractivity contribution is -0.192. The van der Waals surface area contributed by atoms with Crippen molar-refractivity contribution in [3.05, 3.63) is 71.2 Å². The molecule has 1 aliphatic rings. The van der Waals surface area contributed by atoms with Crippen molar-refractivity contribution in [2.45, 2.75) is 37.9 Å². The maximum atomic E-state index is 15.2. The number of carbonyl (C=O) groups is 4. The molecule has 15 nitrogen and oxygen atoms in total. The number of benzene rings is 2. The molecule has 1 aliphatic heterocycles. The molecule has 0 aliphatic carbocycles. The van der Waals surface area contributed by atoms with Crippen LogP contribution in [0.3, 0.4) is 0 Å². The van der Waals surface area contributed by atoms with Gasteiger partial charge in [-0.05, 0) is 65.7 Å². The zero-order valence-corrected chi connectivity index (χ0v) is 26.0. The van der Waals surface area contributed by atoms with E-state index in [9.17, 15) is 27.6 Å². The monoisotopic (exact) mass is 707 g/mol. The van der Waals surface area contributed by atoms with Crippen molar-refractivity contribution in [2.24, 2.45) is 0 Å². The molecular formula is C29H26ClF4N9O6. The van der Waals surface area contributed by atoms with Crippen LogP contribution in [-0.4, -0.2) is 72.4 Å². The third kappa shape index (κ3) is 9.83. The van der Waals surface area contributed by atoms with Crippen molar-refractivity contribution >= 4 is 52.9 Å². The number of carboxylic acid groups (broad SMARTS) is 1. The normalized spacial score (nSPS) is 14.7. The van der Waals surface area contributed by atoms with Crippen LogP contribution < -0.4 is 16.0 Å². The third-order valence-corrected chi connectivity index (χ3v) is 6.93. The predicted molar refractivity (Wildman–Crippen MR) is 165 cm³/mol. The average Bonchev–Trinajstić information content (AvgIpc) is 3.71. The van der Waals surface area contributed by atoms with Gasteiger partial charge in [0.1, 0.15) is 17.8 Å². The lowest BCUT2D eigenvalue weighted by Crippen LogP contribution is -2.28. The summed E-state index contributed by atoms with van der Waals surface area (Å²) in [6.07, 6.45) is 0.204. The van der Waals surface area contributed by atoms with Gasteiger partial charge < -0.3 is 25.5 Å². The summed E-state index contributed by atoms with van der Waals surface area (Å²) in [7, 11) is 1.22. The topological polar surface area (TPSA) is 206 Å². The summed E-state index contributed by atoms with van der Waals surface area (Å²) in [6.45, 7) is 0. The molecule has 2 bridgehead atoms. The first-order chi connectivity index (χ1) is 23.2. The SMILES string of the molecule is COC(=O)Nc1ccc2c(c1)NC(=O)CCCC[C@H](NC(=O)/C=C/c1cc(Cl)ccc1-n1cnnn1)c1nc-2c(F)[nH]1.O=C(O)C(F)(F)F. The number of carbonyl (C=O) groups excluding carboxylic acids is 3. The number of ether oxygens (including phenoxy) is 1.